The fourth-order valence-electron chi connectivity index (χ4n) is 3.23. The highest BCUT2D eigenvalue weighted by molar-refractivity contribution is 9.10. The van der Waals surface area contributed by atoms with Gasteiger partial charge >= 0.3 is 0 Å². The van der Waals surface area contributed by atoms with E-state index in [1.165, 1.54) is 12.1 Å². The second kappa shape index (κ2) is 9.45. The van der Waals surface area contributed by atoms with E-state index in [1.54, 1.807) is 18.5 Å². The minimum absolute atomic E-state index is 0.0445. The molecule has 32 heavy (non-hydrogen) atoms. The van der Waals surface area contributed by atoms with Crippen LogP contribution in [0.3, 0.4) is 0 Å². The van der Waals surface area contributed by atoms with Gasteiger partial charge in [-0.05, 0) is 69.5 Å². The molecule has 0 radical (unpaired) electrons. The van der Waals surface area contributed by atoms with Crippen molar-refractivity contribution in [3.05, 3.63) is 104 Å². The number of nitriles is 1. The Morgan fingerprint density at radius 3 is 2.69 bits per heavy atom. The fraction of sp³-hybridized carbons (Fsp3) is 0.0833. The number of fused-ring (bicyclic) bond motifs is 1. The normalized spacial score (nSPS) is 11.3. The summed E-state index contributed by atoms with van der Waals surface area (Å²) in [5.41, 5.74) is 4.20. The first kappa shape index (κ1) is 21.3. The second-order valence-electron chi connectivity index (χ2n) is 7.04. The van der Waals surface area contributed by atoms with Gasteiger partial charge in [0.2, 0.25) is 0 Å². The zero-order valence-electron chi connectivity index (χ0n) is 16.8. The monoisotopic (exact) mass is 488 g/mol. The Kier molecular flexibility index (Phi) is 6.29. The lowest BCUT2D eigenvalue weighted by atomic mass is 10.1. The molecule has 0 spiro atoms. The minimum atomic E-state index is -0.432. The number of allylic oxidation sites excluding steroid dienone is 1. The summed E-state index contributed by atoms with van der Waals surface area (Å²) in [5, 5.41) is 20.4. The van der Waals surface area contributed by atoms with E-state index in [9.17, 15) is 15.4 Å². The van der Waals surface area contributed by atoms with E-state index in [0.717, 1.165) is 26.6 Å². The summed E-state index contributed by atoms with van der Waals surface area (Å²) in [5.74, 6) is 0.639. The number of nitro groups is 1. The number of para-hydroxylation sites is 2. The summed E-state index contributed by atoms with van der Waals surface area (Å²) in [6.45, 7) is 0.704. The lowest BCUT2D eigenvalue weighted by molar-refractivity contribution is -0.384. The highest BCUT2D eigenvalue weighted by Crippen LogP contribution is 2.28. The van der Waals surface area contributed by atoms with Gasteiger partial charge < -0.3 is 9.30 Å². The third kappa shape index (κ3) is 4.85. The number of imidazole rings is 1. The number of hydrogen-bond donors (Lipinski definition) is 0. The average molecular weight is 489 g/mol. The average Bonchev–Trinajstić information content (AvgIpc) is 3.21. The predicted molar refractivity (Wildman–Crippen MR) is 125 cm³/mol. The summed E-state index contributed by atoms with van der Waals surface area (Å²) >= 11 is 3.51. The molecule has 0 unspecified atom stereocenters. The molecule has 0 bridgehead atoms. The Labute approximate surface area is 192 Å². The van der Waals surface area contributed by atoms with Gasteiger partial charge in [-0.1, -0.05) is 18.2 Å². The van der Waals surface area contributed by atoms with Crippen LogP contribution in [0, 0.1) is 21.4 Å². The molecule has 0 saturated carbocycles. The molecule has 8 heteroatoms. The Morgan fingerprint density at radius 2 is 1.97 bits per heavy atom. The van der Waals surface area contributed by atoms with Crippen molar-refractivity contribution in [3.8, 4) is 11.8 Å². The lowest BCUT2D eigenvalue weighted by Gasteiger charge is -2.09. The highest BCUT2D eigenvalue weighted by atomic mass is 79.9. The number of nitrogens with zero attached hydrogens (tertiary/aromatic N) is 4. The first-order valence-electron chi connectivity index (χ1n) is 9.70. The van der Waals surface area contributed by atoms with E-state index in [0.29, 0.717) is 17.9 Å². The minimum Gasteiger partial charge on any atom is -0.488 e. The van der Waals surface area contributed by atoms with Crippen LogP contribution in [0.25, 0.3) is 17.1 Å². The van der Waals surface area contributed by atoms with Crippen molar-refractivity contribution in [3.63, 3.8) is 0 Å². The van der Waals surface area contributed by atoms with Crippen LogP contribution in [0.4, 0.5) is 5.69 Å². The number of benzene rings is 3. The van der Waals surface area contributed by atoms with E-state index in [2.05, 4.69) is 27.0 Å². The van der Waals surface area contributed by atoms with Crippen LogP contribution in [-0.2, 0) is 13.2 Å². The summed E-state index contributed by atoms with van der Waals surface area (Å²) in [4.78, 5) is 14.7. The van der Waals surface area contributed by atoms with Crippen molar-refractivity contribution in [1.29, 1.82) is 5.26 Å². The topological polar surface area (TPSA) is 94.0 Å². The molecule has 158 valence electrons. The molecule has 4 rings (SSSR count). The fourth-order valence-corrected chi connectivity index (χ4v) is 3.74. The highest BCUT2D eigenvalue weighted by Gasteiger charge is 2.08. The van der Waals surface area contributed by atoms with Crippen LogP contribution in [0.1, 0.15) is 11.1 Å². The van der Waals surface area contributed by atoms with Crippen molar-refractivity contribution in [2.75, 3.05) is 0 Å². The quantitative estimate of drug-likeness (QED) is 0.183. The van der Waals surface area contributed by atoms with Gasteiger partial charge in [-0.15, -0.1) is 0 Å². The first-order chi connectivity index (χ1) is 15.5. The Hall–Kier alpha value is -3.96. The molecule has 0 N–H and O–H groups in total. The van der Waals surface area contributed by atoms with Gasteiger partial charge in [0.05, 0.1) is 39.4 Å². The van der Waals surface area contributed by atoms with Crippen molar-refractivity contribution < 1.29 is 9.66 Å². The van der Waals surface area contributed by atoms with Gasteiger partial charge in [-0.3, -0.25) is 10.1 Å². The molecule has 3 aromatic carbocycles. The van der Waals surface area contributed by atoms with Crippen LogP contribution < -0.4 is 4.74 Å². The van der Waals surface area contributed by atoms with Gasteiger partial charge in [0.15, 0.2) is 0 Å². The van der Waals surface area contributed by atoms with Crippen LogP contribution in [0.2, 0.25) is 0 Å². The standard InChI is InChI=1S/C24H17BrN4O3/c25-21-12-18(7-10-24(21)32-15-17-5-8-20(9-6-17)29(30)31)11-19(13-26)14-28-16-27-22-3-1-2-4-23(22)28/h1-12,16H,14-15H2/b19-11-. The summed E-state index contributed by atoms with van der Waals surface area (Å²) in [6, 6.07) is 21.9. The lowest BCUT2D eigenvalue weighted by Crippen LogP contribution is -1.99. The molecule has 7 nitrogen and oxygen atoms in total. The SMILES string of the molecule is N#C/C(=C/c1ccc(OCc2ccc([N+](=O)[O-])cc2)c(Br)c1)Cn1cnc2ccccc21. The molecule has 0 saturated heterocycles. The Balaban J connectivity index is 1.46. The van der Waals surface area contributed by atoms with Crippen LogP contribution in [0.15, 0.2) is 83.1 Å². The maximum absolute atomic E-state index is 10.8. The van der Waals surface area contributed by atoms with Crippen LogP contribution in [0.5, 0.6) is 5.75 Å². The van der Waals surface area contributed by atoms with E-state index in [1.807, 2.05) is 53.1 Å². The molecule has 0 fully saturated rings. The van der Waals surface area contributed by atoms with Gasteiger partial charge in [0, 0.05) is 17.7 Å². The predicted octanol–water partition coefficient (Wildman–Crippen LogP) is 5.89. The van der Waals surface area contributed by atoms with E-state index < -0.39 is 4.92 Å². The van der Waals surface area contributed by atoms with Gasteiger partial charge in [-0.2, -0.15) is 5.26 Å². The number of rotatable bonds is 7. The smallest absolute Gasteiger partial charge is 0.269 e. The van der Waals surface area contributed by atoms with Crippen molar-refractivity contribution in [2.45, 2.75) is 13.2 Å². The molecule has 4 aromatic rings. The van der Waals surface area contributed by atoms with Crippen molar-refractivity contribution in [1.82, 2.24) is 9.55 Å². The maximum Gasteiger partial charge on any atom is 0.269 e. The van der Waals surface area contributed by atoms with E-state index in [4.69, 9.17) is 4.74 Å². The summed E-state index contributed by atoms with van der Waals surface area (Å²) in [6.07, 6.45) is 3.57. The molecule has 0 aliphatic heterocycles. The Morgan fingerprint density at radius 1 is 1.19 bits per heavy atom. The molecule has 0 aliphatic carbocycles. The first-order valence-corrected chi connectivity index (χ1v) is 10.5. The number of ether oxygens (including phenoxy) is 1. The molecule has 1 aromatic heterocycles. The van der Waals surface area contributed by atoms with Crippen molar-refractivity contribution >= 4 is 38.7 Å². The number of nitro benzene ring substituents is 1. The number of halogens is 1. The molecular weight excluding hydrogens is 472 g/mol. The summed E-state index contributed by atoms with van der Waals surface area (Å²) < 4.78 is 8.52. The molecule has 0 aliphatic rings. The third-order valence-electron chi connectivity index (χ3n) is 4.85. The van der Waals surface area contributed by atoms with E-state index >= 15 is 0 Å². The second-order valence-corrected chi connectivity index (χ2v) is 7.90. The number of non-ortho nitro benzene ring substituents is 1. The Bertz CT molecular complexity index is 1350. The largest absolute Gasteiger partial charge is 0.488 e. The number of hydrogen-bond acceptors (Lipinski definition) is 5. The summed E-state index contributed by atoms with van der Waals surface area (Å²) in [7, 11) is 0. The van der Waals surface area contributed by atoms with Crippen LogP contribution >= 0.6 is 15.9 Å². The van der Waals surface area contributed by atoms with Crippen molar-refractivity contribution in [2.24, 2.45) is 0 Å². The zero-order chi connectivity index (χ0) is 22.5. The third-order valence-corrected chi connectivity index (χ3v) is 5.47. The maximum atomic E-state index is 10.8. The molecule has 0 amide bonds. The molecule has 0 atom stereocenters. The van der Waals surface area contributed by atoms with Gasteiger partial charge in [0.1, 0.15) is 12.4 Å². The van der Waals surface area contributed by atoms with Gasteiger partial charge in [-0.25, -0.2) is 4.98 Å². The van der Waals surface area contributed by atoms with E-state index in [-0.39, 0.29) is 12.3 Å². The molecule has 1 heterocycles. The molecular formula is C24H17BrN4O3. The zero-order valence-corrected chi connectivity index (χ0v) is 18.4. The number of aromatic nitrogens is 2. The van der Waals surface area contributed by atoms with Gasteiger partial charge in [0.25, 0.3) is 5.69 Å². The van der Waals surface area contributed by atoms with Crippen LogP contribution in [-0.4, -0.2) is 14.5 Å².